The Balaban J connectivity index is 2.21. The van der Waals surface area contributed by atoms with Crippen molar-refractivity contribution in [3.63, 3.8) is 0 Å². The van der Waals surface area contributed by atoms with Gasteiger partial charge in [0.05, 0.1) is 18.7 Å². The van der Waals surface area contributed by atoms with Gasteiger partial charge in [-0.1, -0.05) is 28.1 Å². The van der Waals surface area contributed by atoms with Crippen LogP contribution in [0.15, 0.2) is 24.3 Å². The van der Waals surface area contributed by atoms with E-state index in [0.29, 0.717) is 6.07 Å². The van der Waals surface area contributed by atoms with Gasteiger partial charge in [0.1, 0.15) is 4.73 Å². The third kappa shape index (κ3) is 5.05. The predicted octanol–water partition coefficient (Wildman–Crippen LogP) is 1.71. The highest BCUT2D eigenvalue weighted by atomic mass is 79.9. The Labute approximate surface area is 149 Å². The minimum atomic E-state index is -4.61. The lowest BCUT2D eigenvalue weighted by molar-refractivity contribution is -0.145. The molecule has 0 radical (unpaired) electrons. The summed E-state index contributed by atoms with van der Waals surface area (Å²) in [5, 5.41) is 0. The van der Waals surface area contributed by atoms with Gasteiger partial charge in [0.15, 0.2) is 5.78 Å². The van der Waals surface area contributed by atoms with Gasteiger partial charge in [-0.25, -0.2) is 0 Å². The van der Waals surface area contributed by atoms with Gasteiger partial charge in [-0.2, -0.15) is 13.2 Å². The van der Waals surface area contributed by atoms with Crippen molar-refractivity contribution in [2.45, 2.75) is 10.9 Å². The molecular formula is C14H12BBrF3NO5. The average Bonchev–Trinajstić information content (AvgIpc) is 2.50. The molecule has 0 aliphatic carbocycles. The lowest BCUT2D eigenvalue weighted by atomic mass is 9.79. The van der Waals surface area contributed by atoms with E-state index in [1.165, 1.54) is 18.0 Å². The molecule has 1 aromatic rings. The topological polar surface area (TPSA) is 72.9 Å². The molecule has 1 aliphatic rings. The van der Waals surface area contributed by atoms with E-state index in [2.05, 4.69) is 15.9 Å². The van der Waals surface area contributed by atoms with E-state index in [0.717, 1.165) is 12.1 Å². The Hall–Kier alpha value is -1.88. The Kier molecular flexibility index (Phi) is 5.89. The SMILES string of the molecule is CN1CC(=O)OB([C@@H](Br)C(=O)c2cccc(C(F)(F)F)c2)OC(=O)C1. The predicted molar refractivity (Wildman–Crippen MR) is 83.9 cm³/mol. The first kappa shape index (κ1) is 19.4. The molecule has 134 valence electrons. The second-order valence-corrected chi connectivity index (χ2v) is 6.35. The van der Waals surface area contributed by atoms with Gasteiger partial charge in [0, 0.05) is 5.56 Å². The van der Waals surface area contributed by atoms with Crippen molar-refractivity contribution >= 4 is 40.8 Å². The number of hydrogen-bond acceptors (Lipinski definition) is 6. The van der Waals surface area contributed by atoms with Gasteiger partial charge < -0.3 is 9.31 Å². The van der Waals surface area contributed by atoms with Crippen LogP contribution < -0.4 is 0 Å². The largest absolute Gasteiger partial charge is 0.621 e. The normalized spacial score (nSPS) is 18.0. The number of halogens is 4. The van der Waals surface area contributed by atoms with Crippen LogP contribution in [0.25, 0.3) is 0 Å². The van der Waals surface area contributed by atoms with Crippen molar-refractivity contribution in [2.75, 3.05) is 20.1 Å². The van der Waals surface area contributed by atoms with Crippen LogP contribution >= 0.6 is 15.9 Å². The van der Waals surface area contributed by atoms with Crippen LogP contribution in [-0.4, -0.2) is 54.6 Å². The molecule has 0 N–H and O–H groups in total. The van der Waals surface area contributed by atoms with Crippen LogP contribution in [0.4, 0.5) is 13.2 Å². The molecule has 0 amide bonds. The zero-order chi connectivity index (χ0) is 18.8. The van der Waals surface area contributed by atoms with E-state index in [-0.39, 0.29) is 18.7 Å². The number of likely N-dealkylation sites (N-methyl/N-ethyl adjacent to an activating group) is 1. The second kappa shape index (κ2) is 7.57. The smallest absolute Gasteiger partial charge is 0.497 e. The first-order valence-corrected chi connectivity index (χ1v) is 7.92. The zero-order valence-corrected chi connectivity index (χ0v) is 14.5. The standard InChI is InChI=1S/C14H12BBrF3NO5/c1-20-6-10(21)24-15(25-11(22)7-20)13(16)12(23)8-3-2-4-9(5-8)14(17,18)19/h2-5,13H,6-7H2,1H3/t13-/m0/s1. The molecule has 1 heterocycles. The number of hydrogen-bond donors (Lipinski definition) is 0. The molecule has 1 atom stereocenters. The Morgan fingerprint density at radius 1 is 1.24 bits per heavy atom. The van der Waals surface area contributed by atoms with Crippen LogP contribution in [0, 0.1) is 0 Å². The first-order chi connectivity index (χ1) is 11.6. The fourth-order valence-electron chi connectivity index (χ4n) is 2.11. The fourth-order valence-corrected chi connectivity index (χ4v) is 2.59. The van der Waals surface area contributed by atoms with E-state index in [4.69, 9.17) is 9.31 Å². The van der Waals surface area contributed by atoms with Crippen LogP contribution in [0.3, 0.4) is 0 Å². The van der Waals surface area contributed by atoms with Gasteiger partial charge in [0.25, 0.3) is 0 Å². The van der Waals surface area contributed by atoms with Crippen molar-refractivity contribution in [1.82, 2.24) is 4.90 Å². The highest BCUT2D eigenvalue weighted by Crippen LogP contribution is 2.30. The zero-order valence-electron chi connectivity index (χ0n) is 12.9. The Morgan fingerprint density at radius 3 is 2.32 bits per heavy atom. The molecule has 0 spiro atoms. The summed E-state index contributed by atoms with van der Waals surface area (Å²) in [5.74, 6) is -2.28. The highest BCUT2D eigenvalue weighted by Gasteiger charge is 2.43. The number of carbonyl (C=O) groups excluding carboxylic acids is 3. The second-order valence-electron chi connectivity index (χ2n) is 5.36. The van der Waals surface area contributed by atoms with Gasteiger partial charge in [-0.05, 0) is 19.2 Å². The summed E-state index contributed by atoms with van der Waals surface area (Å²) in [6.45, 7) is -0.383. The number of Topliss-reactive ketones (excluding diaryl/α,β-unsaturated/α-hetero) is 1. The van der Waals surface area contributed by atoms with Gasteiger partial charge >= 0.3 is 25.2 Å². The van der Waals surface area contributed by atoms with Crippen molar-refractivity contribution < 1.29 is 36.9 Å². The molecule has 0 unspecified atom stereocenters. The third-order valence-electron chi connectivity index (χ3n) is 3.26. The summed E-state index contributed by atoms with van der Waals surface area (Å²) >= 11 is 2.95. The maximum absolute atomic E-state index is 12.8. The van der Waals surface area contributed by atoms with Crippen molar-refractivity contribution in [3.8, 4) is 0 Å². The van der Waals surface area contributed by atoms with Crippen LogP contribution in [-0.2, 0) is 25.1 Å². The summed E-state index contributed by atoms with van der Waals surface area (Å²) in [6, 6.07) is 3.77. The molecular weight excluding hydrogens is 410 g/mol. The monoisotopic (exact) mass is 421 g/mol. The van der Waals surface area contributed by atoms with E-state index in [1.54, 1.807) is 0 Å². The molecule has 0 saturated carbocycles. The number of rotatable bonds is 3. The molecule has 1 aromatic carbocycles. The summed E-state index contributed by atoms with van der Waals surface area (Å²) in [7, 11) is -0.0712. The lowest BCUT2D eigenvalue weighted by Gasteiger charge is -2.24. The molecule has 1 aliphatic heterocycles. The van der Waals surface area contributed by atoms with Crippen molar-refractivity contribution in [2.24, 2.45) is 0 Å². The summed E-state index contributed by atoms with van der Waals surface area (Å²) in [6.07, 6.45) is -4.61. The number of carbonyl (C=O) groups is 3. The number of benzene rings is 1. The molecule has 2 rings (SSSR count). The van der Waals surface area contributed by atoms with Gasteiger partial charge in [-0.3, -0.25) is 19.3 Å². The minimum Gasteiger partial charge on any atom is -0.497 e. The van der Waals surface area contributed by atoms with Crippen LogP contribution in [0.1, 0.15) is 15.9 Å². The van der Waals surface area contributed by atoms with Crippen LogP contribution in [0.2, 0.25) is 0 Å². The maximum Gasteiger partial charge on any atom is 0.621 e. The molecule has 0 bridgehead atoms. The Bertz CT molecular complexity index is 679. The van der Waals surface area contributed by atoms with E-state index >= 15 is 0 Å². The molecule has 6 nitrogen and oxygen atoms in total. The van der Waals surface area contributed by atoms with Crippen molar-refractivity contribution in [1.29, 1.82) is 0 Å². The summed E-state index contributed by atoms with van der Waals surface area (Å²) < 4.78 is 46.8. The Morgan fingerprint density at radius 2 is 1.80 bits per heavy atom. The third-order valence-corrected chi connectivity index (χ3v) is 4.10. The molecule has 11 heteroatoms. The summed E-state index contributed by atoms with van der Waals surface area (Å²) in [5.41, 5.74) is -1.26. The molecule has 0 aromatic heterocycles. The number of ketones is 1. The van der Waals surface area contributed by atoms with E-state index in [1.807, 2.05) is 0 Å². The fraction of sp³-hybridized carbons (Fsp3) is 0.357. The maximum atomic E-state index is 12.8. The minimum absolute atomic E-state index is 0.191. The van der Waals surface area contributed by atoms with E-state index < -0.39 is 41.3 Å². The van der Waals surface area contributed by atoms with Crippen molar-refractivity contribution in [3.05, 3.63) is 35.4 Å². The number of alkyl halides is 4. The van der Waals surface area contributed by atoms with Crippen LogP contribution in [0.5, 0.6) is 0 Å². The summed E-state index contributed by atoms with van der Waals surface area (Å²) in [4.78, 5) is 37.1. The molecule has 1 fully saturated rings. The van der Waals surface area contributed by atoms with Gasteiger partial charge in [-0.15, -0.1) is 0 Å². The first-order valence-electron chi connectivity index (χ1n) is 7.01. The van der Waals surface area contributed by atoms with E-state index in [9.17, 15) is 27.6 Å². The highest BCUT2D eigenvalue weighted by molar-refractivity contribution is 9.10. The lowest BCUT2D eigenvalue weighted by Crippen LogP contribution is -2.48. The average molecular weight is 422 g/mol. The van der Waals surface area contributed by atoms with Gasteiger partial charge in [0.2, 0.25) is 0 Å². The molecule has 1 saturated heterocycles. The quantitative estimate of drug-likeness (QED) is 0.420. The molecule has 25 heavy (non-hydrogen) atoms. The number of nitrogens with zero attached hydrogens (tertiary/aromatic N) is 1.